The van der Waals surface area contributed by atoms with E-state index in [4.69, 9.17) is 9.47 Å². The summed E-state index contributed by atoms with van der Waals surface area (Å²) in [6, 6.07) is 8.96. The number of amides is 3. The van der Waals surface area contributed by atoms with Crippen LogP contribution in [0.2, 0.25) is 0 Å². The normalized spacial score (nSPS) is 19.0. The van der Waals surface area contributed by atoms with Gasteiger partial charge in [-0.15, -0.1) is 12.4 Å². The third kappa shape index (κ3) is 7.35. The van der Waals surface area contributed by atoms with Crippen molar-refractivity contribution < 1.29 is 28.2 Å². The van der Waals surface area contributed by atoms with Crippen LogP contribution in [0.4, 0.5) is 4.39 Å². The second-order valence-electron chi connectivity index (χ2n) is 9.15. The Balaban J connectivity index is 0.00000400. The van der Waals surface area contributed by atoms with Crippen LogP contribution in [0.5, 0.6) is 17.2 Å². The first-order valence-corrected chi connectivity index (χ1v) is 12.7. The van der Waals surface area contributed by atoms with Gasteiger partial charge in [-0.2, -0.15) is 0 Å². The van der Waals surface area contributed by atoms with Crippen molar-refractivity contribution in [3.05, 3.63) is 53.3 Å². The van der Waals surface area contributed by atoms with Gasteiger partial charge in [-0.1, -0.05) is 6.07 Å². The largest absolute Gasteiger partial charge is 0.493 e. The zero-order valence-electron chi connectivity index (χ0n) is 21.4. The molecule has 5 rings (SSSR count). The molecule has 1 atom stereocenters. The Morgan fingerprint density at radius 3 is 2.63 bits per heavy atom. The highest BCUT2D eigenvalue weighted by molar-refractivity contribution is 5.94. The maximum Gasteiger partial charge on any atom is 0.251 e. The maximum absolute atomic E-state index is 14.7. The number of halogens is 2. The van der Waals surface area contributed by atoms with Crippen LogP contribution in [-0.4, -0.2) is 62.0 Å². The second-order valence-corrected chi connectivity index (χ2v) is 9.15. The third-order valence-electron chi connectivity index (χ3n) is 6.58. The van der Waals surface area contributed by atoms with Gasteiger partial charge in [-0.25, -0.2) is 4.39 Å². The van der Waals surface area contributed by atoms with E-state index < -0.39 is 5.82 Å². The molecule has 11 heteroatoms. The Labute approximate surface area is 227 Å². The average Bonchev–Trinajstić information content (AvgIpc) is 3.44. The predicted molar refractivity (Wildman–Crippen MR) is 142 cm³/mol. The number of carbonyl (C=O) groups excluding carboxylic acids is 3. The molecule has 0 unspecified atom stereocenters. The van der Waals surface area contributed by atoms with E-state index in [0.29, 0.717) is 49.5 Å². The molecule has 0 spiro atoms. The summed E-state index contributed by atoms with van der Waals surface area (Å²) < 4.78 is 26.0. The molecule has 1 fully saturated rings. The first-order valence-electron chi connectivity index (χ1n) is 12.7. The fourth-order valence-electron chi connectivity index (χ4n) is 4.55. The lowest BCUT2D eigenvalue weighted by atomic mass is 10.1. The molecular weight excluding hydrogens is 515 g/mol. The molecule has 1 saturated heterocycles. The van der Waals surface area contributed by atoms with Crippen LogP contribution in [0.1, 0.15) is 48.0 Å². The zero-order chi connectivity index (χ0) is 26.2. The van der Waals surface area contributed by atoms with Crippen LogP contribution < -0.4 is 25.4 Å². The quantitative estimate of drug-likeness (QED) is 0.532. The minimum atomic E-state index is -0.514. The van der Waals surface area contributed by atoms with Gasteiger partial charge in [0.1, 0.15) is 11.6 Å². The van der Waals surface area contributed by atoms with Gasteiger partial charge in [0.2, 0.25) is 11.8 Å². The highest BCUT2D eigenvalue weighted by Gasteiger charge is 2.26. The van der Waals surface area contributed by atoms with Gasteiger partial charge >= 0.3 is 0 Å². The Hall–Kier alpha value is -3.37. The van der Waals surface area contributed by atoms with Crippen molar-refractivity contribution in [2.75, 3.05) is 33.3 Å². The van der Waals surface area contributed by atoms with Crippen molar-refractivity contribution in [2.45, 2.75) is 44.7 Å². The van der Waals surface area contributed by atoms with Crippen molar-refractivity contribution in [3.63, 3.8) is 0 Å². The first-order chi connectivity index (χ1) is 18.0. The summed E-state index contributed by atoms with van der Waals surface area (Å²) in [6.45, 7) is 2.03. The summed E-state index contributed by atoms with van der Waals surface area (Å²) in [5, 5.41) is 8.87. The monoisotopic (exact) mass is 548 g/mol. The lowest BCUT2D eigenvalue weighted by Gasteiger charge is -2.26. The smallest absolute Gasteiger partial charge is 0.251 e. The average molecular weight is 549 g/mol. The van der Waals surface area contributed by atoms with Crippen LogP contribution in [0, 0.1) is 5.82 Å². The Morgan fingerprint density at radius 2 is 1.87 bits per heavy atom. The fraction of sp³-hybridized carbons (Fsp3) is 0.444. The minimum Gasteiger partial charge on any atom is -0.493 e. The molecule has 3 amide bonds. The molecule has 0 radical (unpaired) electrons. The van der Waals surface area contributed by atoms with Gasteiger partial charge in [0.25, 0.3) is 5.91 Å². The molecule has 38 heavy (non-hydrogen) atoms. The maximum atomic E-state index is 14.7. The molecule has 206 valence electrons. The van der Waals surface area contributed by atoms with E-state index >= 15 is 0 Å². The van der Waals surface area contributed by atoms with Crippen LogP contribution in [0.25, 0.3) is 0 Å². The first kappa shape index (κ1) is 29.2. The van der Waals surface area contributed by atoms with Crippen LogP contribution in [0.15, 0.2) is 36.4 Å². The van der Waals surface area contributed by atoms with E-state index in [-0.39, 0.29) is 60.4 Å². The molecule has 3 heterocycles. The summed E-state index contributed by atoms with van der Waals surface area (Å²) in [5.41, 5.74) is 0.582. The van der Waals surface area contributed by atoms with E-state index in [0.717, 1.165) is 19.4 Å². The van der Waals surface area contributed by atoms with Crippen LogP contribution >= 0.6 is 12.4 Å². The van der Waals surface area contributed by atoms with Crippen LogP contribution in [0.3, 0.4) is 0 Å². The lowest BCUT2D eigenvalue weighted by molar-refractivity contribution is -0.133. The Bertz CT molecular complexity index is 1140. The molecule has 2 aromatic carbocycles. The van der Waals surface area contributed by atoms with Gasteiger partial charge in [0, 0.05) is 43.7 Å². The van der Waals surface area contributed by atoms with Gasteiger partial charge in [-0.05, 0) is 62.6 Å². The topological polar surface area (TPSA) is 109 Å². The lowest BCUT2D eigenvalue weighted by Crippen LogP contribution is -2.45. The van der Waals surface area contributed by atoms with E-state index in [1.807, 2.05) is 0 Å². The molecule has 3 N–H and O–H groups in total. The van der Waals surface area contributed by atoms with Crippen molar-refractivity contribution in [3.8, 4) is 17.2 Å². The van der Waals surface area contributed by atoms with Crippen molar-refractivity contribution in [1.82, 2.24) is 20.9 Å². The molecule has 0 saturated carbocycles. The van der Waals surface area contributed by atoms with Gasteiger partial charge < -0.3 is 30.3 Å². The summed E-state index contributed by atoms with van der Waals surface area (Å²) in [7, 11) is 1.46. The van der Waals surface area contributed by atoms with Gasteiger partial charge in [-0.3, -0.25) is 14.4 Å². The number of nitrogens with one attached hydrogen (secondary N) is 3. The number of benzene rings is 2. The molecular formula is C27H34ClFN4O5. The van der Waals surface area contributed by atoms with Crippen molar-refractivity contribution >= 4 is 30.1 Å². The van der Waals surface area contributed by atoms with E-state index in [1.54, 1.807) is 29.2 Å². The number of carbonyl (C=O) groups is 3. The van der Waals surface area contributed by atoms with Gasteiger partial charge in [0.15, 0.2) is 11.5 Å². The number of hydrogen-bond acceptors (Lipinski definition) is 6. The van der Waals surface area contributed by atoms with Crippen molar-refractivity contribution in [1.29, 1.82) is 0 Å². The molecule has 0 aliphatic carbocycles. The number of nitrogens with zero attached hydrogens (tertiary/aromatic N) is 1. The fourth-order valence-corrected chi connectivity index (χ4v) is 4.55. The highest BCUT2D eigenvalue weighted by atomic mass is 35.5. The molecule has 3 aliphatic rings. The summed E-state index contributed by atoms with van der Waals surface area (Å²) in [4.78, 5) is 40.1. The number of rotatable bonds is 2. The SMILES string of the molecule is COc1cc2ccc1Oc1cccc(F)c1CNC(=O)CCCN(C(=O)[C@H]1CCCN1)CCCNC2=O.Cl. The number of hydrogen-bond donors (Lipinski definition) is 3. The summed E-state index contributed by atoms with van der Waals surface area (Å²) >= 11 is 0. The van der Waals surface area contributed by atoms with E-state index in [2.05, 4.69) is 16.0 Å². The molecule has 0 aromatic heterocycles. The standard InChI is InChI=1S/C27H33FN4O5.ClH/c1-36-24-16-18-10-11-23(24)37-22-8-2-6-20(28)19(22)17-31-25(33)9-4-14-32(15-5-13-30-26(18)34)27(35)21-7-3-12-29-21;/h2,6,8,10-11,16,21,29H,3-5,7,9,12-15,17H2,1H3,(H,30,34)(H,31,33);1H/t21-;/m1./s1. The van der Waals surface area contributed by atoms with Crippen LogP contribution in [-0.2, 0) is 16.1 Å². The van der Waals surface area contributed by atoms with Crippen molar-refractivity contribution in [2.24, 2.45) is 0 Å². The Kier molecular flexibility index (Phi) is 10.7. The number of methoxy groups -OCH3 is 1. The Morgan fingerprint density at radius 1 is 1.05 bits per heavy atom. The molecule has 9 nitrogen and oxygen atoms in total. The van der Waals surface area contributed by atoms with E-state index in [1.165, 1.54) is 19.2 Å². The second kappa shape index (κ2) is 14.0. The van der Waals surface area contributed by atoms with Gasteiger partial charge in [0.05, 0.1) is 13.2 Å². The number of fused-ring (bicyclic) bond motifs is 13. The highest BCUT2D eigenvalue weighted by Crippen LogP contribution is 2.34. The zero-order valence-corrected chi connectivity index (χ0v) is 22.2. The molecule has 3 aliphatic heterocycles. The summed E-state index contributed by atoms with van der Waals surface area (Å²) in [6.07, 6.45) is 2.98. The van der Waals surface area contributed by atoms with E-state index in [9.17, 15) is 18.8 Å². The minimum absolute atomic E-state index is 0. The molecule has 2 bridgehead atoms. The third-order valence-corrected chi connectivity index (χ3v) is 6.58. The molecule has 2 aromatic rings. The predicted octanol–water partition coefficient (Wildman–Crippen LogP) is 3.16. The number of ether oxygens (including phenoxy) is 2. The summed E-state index contributed by atoms with van der Waals surface area (Å²) in [5.74, 6) is -0.167.